The van der Waals surface area contributed by atoms with Crippen molar-refractivity contribution in [3.05, 3.63) is 0 Å². The minimum absolute atomic E-state index is 0.0486. The summed E-state index contributed by atoms with van der Waals surface area (Å²) in [5.74, 6) is 0. The second-order valence-electron chi connectivity index (χ2n) is 5.18. The molecular weight excluding hydrogens is 296 g/mol. The topological polar surface area (TPSA) is 88.4 Å². The summed E-state index contributed by atoms with van der Waals surface area (Å²) in [7, 11) is 0.162. The summed E-state index contributed by atoms with van der Waals surface area (Å²) in [5.41, 5.74) is 0. The van der Waals surface area contributed by atoms with Crippen LogP contribution in [0.4, 0.5) is 0 Å². The van der Waals surface area contributed by atoms with E-state index < -0.39 is 16.9 Å². The Morgan fingerprint density at radius 3 is 1.40 bits per heavy atom. The van der Waals surface area contributed by atoms with E-state index in [0.717, 1.165) is 37.8 Å². The van der Waals surface area contributed by atoms with Crippen LogP contribution in [0.1, 0.15) is 25.7 Å². The monoisotopic (exact) mass is 326 g/mol. The molecule has 0 amide bonds. The van der Waals surface area contributed by atoms with Crippen molar-refractivity contribution in [2.45, 2.75) is 37.8 Å². The Balaban J connectivity index is 3.87. The third-order valence-electron chi connectivity index (χ3n) is 3.88. The minimum atomic E-state index is -2.45. The molecule has 0 saturated carbocycles. The Labute approximate surface area is 124 Å². The zero-order valence-electron chi connectivity index (χ0n) is 12.9. The lowest BCUT2D eigenvalue weighted by Crippen LogP contribution is -2.48. The normalized spacial score (nSPS) is 12.9. The van der Waals surface area contributed by atoms with Gasteiger partial charge in [-0.2, -0.15) is 0 Å². The molecule has 0 rings (SSSR count). The first-order chi connectivity index (χ1) is 9.57. The summed E-state index contributed by atoms with van der Waals surface area (Å²) < 4.78 is 16.1. The van der Waals surface area contributed by atoms with Crippen LogP contribution in [0.5, 0.6) is 0 Å². The lowest BCUT2D eigenvalue weighted by molar-refractivity contribution is 0.122. The molecule has 122 valence electrons. The molecule has 0 aromatic carbocycles. The van der Waals surface area contributed by atoms with Crippen LogP contribution in [0.25, 0.3) is 0 Å². The molecule has 0 fully saturated rings. The van der Waals surface area contributed by atoms with Crippen molar-refractivity contribution in [2.75, 3.05) is 40.0 Å². The fraction of sp³-hybridized carbons (Fsp3) is 1.00. The molecular formula is C12H30O6Si2. The van der Waals surface area contributed by atoms with Crippen LogP contribution in [0.3, 0.4) is 0 Å². The number of aliphatic hydroxyl groups is 3. The molecule has 0 bridgehead atoms. The first kappa shape index (κ1) is 20.2. The Morgan fingerprint density at radius 1 is 0.650 bits per heavy atom. The third kappa shape index (κ3) is 6.31. The smallest absolute Gasteiger partial charge is 0.399 e. The van der Waals surface area contributed by atoms with Gasteiger partial charge in [-0.15, -0.1) is 0 Å². The molecule has 0 aliphatic carbocycles. The van der Waals surface area contributed by atoms with E-state index in [9.17, 15) is 15.3 Å². The standard InChI is InChI=1S/C12H30O6Si2/c1-16-20(17-2,18-3)9-7-5-4-6-8-19(10-13,11-14)12-15/h13-15H,4-12H2,1-3H3. The molecule has 20 heavy (non-hydrogen) atoms. The average molecular weight is 327 g/mol. The Kier molecular flexibility index (Phi) is 11.0. The highest BCUT2D eigenvalue weighted by molar-refractivity contribution is 6.79. The Bertz CT molecular complexity index is 193. The van der Waals surface area contributed by atoms with E-state index in [4.69, 9.17) is 13.3 Å². The van der Waals surface area contributed by atoms with Crippen molar-refractivity contribution in [1.82, 2.24) is 0 Å². The Morgan fingerprint density at radius 2 is 1.05 bits per heavy atom. The summed E-state index contributed by atoms with van der Waals surface area (Å²) in [6, 6.07) is 1.55. The van der Waals surface area contributed by atoms with Crippen LogP contribution >= 0.6 is 0 Å². The van der Waals surface area contributed by atoms with Gasteiger partial charge in [0.15, 0.2) is 0 Å². The van der Waals surface area contributed by atoms with Gasteiger partial charge in [-0.1, -0.05) is 25.3 Å². The van der Waals surface area contributed by atoms with Crippen molar-refractivity contribution in [3.8, 4) is 0 Å². The lowest BCUT2D eigenvalue weighted by atomic mass is 10.2. The maximum absolute atomic E-state index is 9.28. The van der Waals surface area contributed by atoms with Crippen LogP contribution in [0, 0.1) is 0 Å². The van der Waals surface area contributed by atoms with Gasteiger partial charge in [-0.3, -0.25) is 0 Å². The van der Waals surface area contributed by atoms with Gasteiger partial charge in [0, 0.05) is 46.1 Å². The van der Waals surface area contributed by atoms with Crippen molar-refractivity contribution >= 4 is 16.9 Å². The molecule has 0 heterocycles. The number of hydrogen-bond donors (Lipinski definition) is 3. The molecule has 3 N–H and O–H groups in total. The van der Waals surface area contributed by atoms with Crippen LogP contribution in [0.2, 0.25) is 12.1 Å². The van der Waals surface area contributed by atoms with E-state index in [1.807, 2.05) is 0 Å². The molecule has 0 aliphatic rings. The van der Waals surface area contributed by atoms with E-state index in [2.05, 4.69) is 0 Å². The predicted molar refractivity (Wildman–Crippen MR) is 81.9 cm³/mol. The molecule has 0 spiro atoms. The third-order valence-corrected chi connectivity index (χ3v) is 10.1. The highest BCUT2D eigenvalue weighted by atomic mass is 28.4. The van der Waals surface area contributed by atoms with Crippen molar-refractivity contribution < 1.29 is 28.6 Å². The number of hydrogen-bond acceptors (Lipinski definition) is 6. The van der Waals surface area contributed by atoms with E-state index in [1.54, 1.807) is 21.3 Å². The highest BCUT2D eigenvalue weighted by Crippen LogP contribution is 2.19. The molecule has 0 saturated heterocycles. The van der Waals surface area contributed by atoms with E-state index in [0.29, 0.717) is 0 Å². The van der Waals surface area contributed by atoms with E-state index >= 15 is 0 Å². The summed E-state index contributed by atoms with van der Waals surface area (Å²) >= 11 is 0. The first-order valence-corrected chi connectivity index (χ1v) is 11.8. The van der Waals surface area contributed by atoms with E-state index in [1.165, 1.54) is 0 Å². The molecule has 6 nitrogen and oxygen atoms in total. The molecule has 0 radical (unpaired) electrons. The van der Waals surface area contributed by atoms with Gasteiger partial charge >= 0.3 is 8.80 Å². The van der Waals surface area contributed by atoms with Crippen LogP contribution in [-0.4, -0.2) is 72.2 Å². The minimum Gasteiger partial charge on any atom is -0.399 e. The van der Waals surface area contributed by atoms with Gasteiger partial charge in [0.2, 0.25) is 0 Å². The van der Waals surface area contributed by atoms with Gasteiger partial charge < -0.3 is 28.6 Å². The van der Waals surface area contributed by atoms with Crippen LogP contribution in [-0.2, 0) is 13.3 Å². The fourth-order valence-electron chi connectivity index (χ4n) is 2.14. The van der Waals surface area contributed by atoms with Crippen molar-refractivity contribution in [1.29, 1.82) is 0 Å². The number of unbranched alkanes of at least 4 members (excludes halogenated alkanes) is 3. The second-order valence-corrected chi connectivity index (χ2v) is 12.7. The molecule has 0 aromatic rings. The zero-order valence-corrected chi connectivity index (χ0v) is 14.9. The molecule has 8 heteroatoms. The molecule has 0 aromatic heterocycles. The lowest BCUT2D eigenvalue weighted by Gasteiger charge is -2.25. The number of rotatable bonds is 13. The summed E-state index contributed by atoms with van der Waals surface area (Å²) in [4.78, 5) is 0. The van der Waals surface area contributed by atoms with Gasteiger partial charge in [-0.25, -0.2) is 0 Å². The second kappa shape index (κ2) is 10.9. The summed E-state index contributed by atoms with van der Waals surface area (Å²) in [6.45, 7) is 0. The first-order valence-electron chi connectivity index (χ1n) is 7.05. The zero-order chi connectivity index (χ0) is 15.5. The molecule has 0 unspecified atom stereocenters. The largest absolute Gasteiger partial charge is 0.500 e. The SMILES string of the molecule is CO[Si](CCCCCC[Si](CO)(CO)CO)(OC)OC. The predicted octanol–water partition coefficient (Wildman–Crippen LogP) is 0.468. The maximum atomic E-state index is 9.28. The fourth-order valence-corrected chi connectivity index (χ4v) is 5.71. The number of aliphatic hydroxyl groups excluding tert-OH is 3. The van der Waals surface area contributed by atoms with Gasteiger partial charge in [0.25, 0.3) is 0 Å². The Hall–Kier alpha value is 0.194. The van der Waals surface area contributed by atoms with Crippen molar-refractivity contribution in [2.24, 2.45) is 0 Å². The molecule has 0 aliphatic heterocycles. The average Bonchev–Trinajstić information content (AvgIpc) is 2.52. The van der Waals surface area contributed by atoms with Crippen LogP contribution in [0.15, 0.2) is 0 Å². The van der Waals surface area contributed by atoms with Crippen molar-refractivity contribution in [3.63, 3.8) is 0 Å². The highest BCUT2D eigenvalue weighted by Gasteiger charge is 2.36. The summed E-state index contributed by atoms with van der Waals surface area (Å²) in [5, 5.41) is 27.8. The quantitative estimate of drug-likeness (QED) is 0.337. The van der Waals surface area contributed by atoms with Gasteiger partial charge in [0.05, 0.1) is 0 Å². The maximum Gasteiger partial charge on any atom is 0.500 e. The molecule has 0 atom stereocenters. The summed E-state index contributed by atoms with van der Waals surface area (Å²) in [6.07, 6.45) is 3.78. The van der Waals surface area contributed by atoms with E-state index in [-0.39, 0.29) is 18.7 Å². The van der Waals surface area contributed by atoms with Gasteiger partial charge in [0.1, 0.15) is 8.07 Å². The van der Waals surface area contributed by atoms with Gasteiger partial charge in [-0.05, 0) is 6.42 Å². The van der Waals surface area contributed by atoms with Crippen LogP contribution < -0.4 is 0 Å².